The fourth-order valence-corrected chi connectivity index (χ4v) is 3.31. The molecule has 5 nitrogen and oxygen atoms in total. The molecule has 2 rings (SSSR count). The highest BCUT2D eigenvalue weighted by molar-refractivity contribution is 7.92. The summed E-state index contributed by atoms with van der Waals surface area (Å²) < 4.78 is 27.2. The summed E-state index contributed by atoms with van der Waals surface area (Å²) in [6, 6.07) is 6.42. The van der Waals surface area contributed by atoms with Gasteiger partial charge in [-0.2, -0.15) is 0 Å². The van der Waals surface area contributed by atoms with Gasteiger partial charge in [0, 0.05) is 6.20 Å². The first kappa shape index (κ1) is 14.6. The number of aryl methyl sites for hydroxylation is 2. The average molecular weight is 312 g/mol. The molecule has 106 valence electrons. The highest BCUT2D eigenvalue weighted by Crippen LogP contribution is 2.28. The first-order valence-electron chi connectivity index (χ1n) is 5.81. The van der Waals surface area contributed by atoms with Crippen LogP contribution < -0.4 is 10.5 Å². The summed E-state index contributed by atoms with van der Waals surface area (Å²) in [6.45, 7) is 3.58. The predicted octanol–water partition coefficient (Wildman–Crippen LogP) is 2.73. The zero-order valence-corrected chi connectivity index (χ0v) is 12.6. The third-order valence-corrected chi connectivity index (χ3v) is 4.51. The quantitative estimate of drug-likeness (QED) is 0.674. The number of nitrogens with two attached hydrogens (primary N) is 1. The van der Waals surface area contributed by atoms with Crippen molar-refractivity contribution in [1.29, 1.82) is 0 Å². The van der Waals surface area contributed by atoms with E-state index in [9.17, 15) is 8.42 Å². The molecule has 20 heavy (non-hydrogen) atoms. The second kappa shape index (κ2) is 5.30. The number of benzene rings is 1. The third-order valence-electron chi connectivity index (χ3n) is 2.80. The van der Waals surface area contributed by atoms with Gasteiger partial charge >= 0.3 is 0 Å². The van der Waals surface area contributed by atoms with E-state index in [-0.39, 0.29) is 21.4 Å². The number of aromatic nitrogens is 1. The molecule has 2 aromatic rings. The molecule has 1 aromatic heterocycles. The monoisotopic (exact) mass is 311 g/mol. The SMILES string of the molecule is Cc1ccc(S(=O)(=O)Nc2c(C)ccnc2Cl)c(N)c1. The van der Waals surface area contributed by atoms with Gasteiger partial charge in [-0.15, -0.1) is 0 Å². The Morgan fingerprint density at radius 2 is 1.95 bits per heavy atom. The molecule has 7 heteroatoms. The molecule has 3 N–H and O–H groups in total. The number of sulfonamides is 1. The summed E-state index contributed by atoms with van der Waals surface area (Å²) in [7, 11) is -3.81. The summed E-state index contributed by atoms with van der Waals surface area (Å²) in [5, 5.41) is 0.0965. The number of hydrogen-bond acceptors (Lipinski definition) is 4. The Balaban J connectivity index is 2.46. The molecular formula is C13H14ClN3O2S. The van der Waals surface area contributed by atoms with Crippen LogP contribution in [0.15, 0.2) is 35.4 Å². The van der Waals surface area contributed by atoms with Crippen LogP contribution in [-0.4, -0.2) is 13.4 Å². The fourth-order valence-electron chi connectivity index (χ4n) is 1.75. The highest BCUT2D eigenvalue weighted by atomic mass is 35.5. The van der Waals surface area contributed by atoms with Gasteiger partial charge in [0.15, 0.2) is 5.15 Å². The van der Waals surface area contributed by atoms with Gasteiger partial charge in [-0.3, -0.25) is 4.72 Å². The van der Waals surface area contributed by atoms with Crippen molar-refractivity contribution in [3.8, 4) is 0 Å². The van der Waals surface area contributed by atoms with E-state index in [2.05, 4.69) is 9.71 Å². The molecule has 0 saturated carbocycles. The Bertz CT molecular complexity index is 740. The number of halogens is 1. The molecule has 0 saturated heterocycles. The van der Waals surface area contributed by atoms with Gasteiger partial charge in [0.1, 0.15) is 4.90 Å². The van der Waals surface area contributed by atoms with Crippen LogP contribution in [0.2, 0.25) is 5.15 Å². The highest BCUT2D eigenvalue weighted by Gasteiger charge is 2.20. The molecule has 1 heterocycles. The van der Waals surface area contributed by atoms with Gasteiger partial charge in [0.05, 0.1) is 11.4 Å². The molecule has 0 fully saturated rings. The minimum Gasteiger partial charge on any atom is -0.398 e. The van der Waals surface area contributed by atoms with Crippen molar-refractivity contribution in [1.82, 2.24) is 4.98 Å². The zero-order valence-electron chi connectivity index (χ0n) is 11.0. The van der Waals surface area contributed by atoms with Crippen LogP contribution in [0.25, 0.3) is 0 Å². The first-order valence-corrected chi connectivity index (χ1v) is 7.67. The molecule has 0 unspecified atom stereocenters. The molecule has 0 atom stereocenters. The van der Waals surface area contributed by atoms with Gasteiger partial charge in [0.2, 0.25) is 0 Å². The van der Waals surface area contributed by atoms with Crippen molar-refractivity contribution < 1.29 is 8.42 Å². The van der Waals surface area contributed by atoms with Crippen molar-refractivity contribution in [2.75, 3.05) is 10.5 Å². The molecule has 1 aromatic carbocycles. The summed E-state index contributed by atoms with van der Waals surface area (Å²) in [4.78, 5) is 3.88. The van der Waals surface area contributed by atoms with Crippen LogP contribution in [0.4, 0.5) is 11.4 Å². The maximum Gasteiger partial charge on any atom is 0.264 e. The van der Waals surface area contributed by atoms with E-state index in [4.69, 9.17) is 17.3 Å². The van der Waals surface area contributed by atoms with Crippen LogP contribution in [0, 0.1) is 13.8 Å². The Morgan fingerprint density at radius 3 is 2.55 bits per heavy atom. The molecule has 0 bridgehead atoms. The minimum absolute atomic E-state index is 0.0161. The van der Waals surface area contributed by atoms with E-state index < -0.39 is 10.0 Å². The number of pyridine rings is 1. The largest absolute Gasteiger partial charge is 0.398 e. The van der Waals surface area contributed by atoms with E-state index in [0.717, 1.165) is 5.56 Å². The lowest BCUT2D eigenvalue weighted by molar-refractivity contribution is 0.601. The van der Waals surface area contributed by atoms with Gasteiger partial charge in [-0.25, -0.2) is 13.4 Å². The molecular weight excluding hydrogens is 298 g/mol. The number of nitrogen functional groups attached to an aromatic ring is 1. The Kier molecular flexibility index (Phi) is 3.87. The van der Waals surface area contributed by atoms with E-state index in [1.165, 1.54) is 12.3 Å². The van der Waals surface area contributed by atoms with Crippen LogP contribution in [0.1, 0.15) is 11.1 Å². The molecule has 0 radical (unpaired) electrons. The lowest BCUT2D eigenvalue weighted by Gasteiger charge is -2.13. The zero-order chi connectivity index (χ0) is 14.9. The summed E-state index contributed by atoms with van der Waals surface area (Å²) in [5.74, 6) is 0. The summed E-state index contributed by atoms with van der Waals surface area (Å²) >= 11 is 5.92. The normalized spacial score (nSPS) is 11.3. The van der Waals surface area contributed by atoms with Crippen molar-refractivity contribution in [3.05, 3.63) is 46.7 Å². The van der Waals surface area contributed by atoms with Gasteiger partial charge in [0.25, 0.3) is 10.0 Å². The number of nitrogens with zero attached hydrogens (tertiary/aromatic N) is 1. The van der Waals surface area contributed by atoms with Crippen LogP contribution in [0.5, 0.6) is 0 Å². The number of anilines is 2. The van der Waals surface area contributed by atoms with Crippen molar-refractivity contribution in [2.45, 2.75) is 18.7 Å². The van der Waals surface area contributed by atoms with Gasteiger partial charge < -0.3 is 5.73 Å². The number of hydrogen-bond donors (Lipinski definition) is 2. The predicted molar refractivity (Wildman–Crippen MR) is 80.4 cm³/mol. The lowest BCUT2D eigenvalue weighted by atomic mass is 10.2. The van der Waals surface area contributed by atoms with E-state index in [0.29, 0.717) is 5.56 Å². The fraction of sp³-hybridized carbons (Fsp3) is 0.154. The maximum atomic E-state index is 12.4. The minimum atomic E-state index is -3.81. The summed E-state index contributed by atoms with van der Waals surface area (Å²) in [6.07, 6.45) is 1.51. The standard InChI is InChI=1S/C13H14ClN3O2S/c1-8-3-4-11(10(15)7-8)20(18,19)17-12-9(2)5-6-16-13(12)14/h3-7,17H,15H2,1-2H3. The van der Waals surface area contributed by atoms with Crippen molar-refractivity contribution in [3.63, 3.8) is 0 Å². The van der Waals surface area contributed by atoms with Crippen LogP contribution >= 0.6 is 11.6 Å². The van der Waals surface area contributed by atoms with E-state index >= 15 is 0 Å². The molecule has 0 aliphatic carbocycles. The Labute approximate surface area is 122 Å². The molecule has 0 aliphatic heterocycles. The van der Waals surface area contributed by atoms with Crippen LogP contribution in [0.3, 0.4) is 0 Å². The molecule has 0 amide bonds. The van der Waals surface area contributed by atoms with Crippen LogP contribution in [-0.2, 0) is 10.0 Å². The maximum absolute atomic E-state index is 12.4. The Hall–Kier alpha value is -1.79. The van der Waals surface area contributed by atoms with E-state index in [1.54, 1.807) is 25.1 Å². The smallest absolute Gasteiger partial charge is 0.264 e. The lowest BCUT2D eigenvalue weighted by Crippen LogP contribution is -2.16. The topological polar surface area (TPSA) is 85.1 Å². The van der Waals surface area contributed by atoms with Crippen molar-refractivity contribution in [2.24, 2.45) is 0 Å². The second-order valence-corrected chi connectivity index (χ2v) is 6.45. The first-order chi connectivity index (χ1) is 9.31. The van der Waals surface area contributed by atoms with Gasteiger partial charge in [-0.1, -0.05) is 17.7 Å². The average Bonchev–Trinajstić information content (AvgIpc) is 2.33. The third kappa shape index (κ3) is 2.86. The Morgan fingerprint density at radius 1 is 1.25 bits per heavy atom. The second-order valence-electron chi connectivity index (χ2n) is 4.44. The number of rotatable bonds is 3. The molecule has 0 spiro atoms. The number of nitrogens with one attached hydrogen (secondary N) is 1. The summed E-state index contributed by atoms with van der Waals surface area (Å²) in [5.41, 5.74) is 7.78. The molecule has 0 aliphatic rings. The van der Waals surface area contributed by atoms with Crippen molar-refractivity contribution >= 4 is 33.0 Å². The van der Waals surface area contributed by atoms with E-state index in [1.807, 2.05) is 6.92 Å². The van der Waals surface area contributed by atoms with Gasteiger partial charge in [-0.05, 0) is 43.2 Å².